The van der Waals surface area contributed by atoms with E-state index in [2.05, 4.69) is 4.98 Å². The van der Waals surface area contributed by atoms with Gasteiger partial charge in [0.25, 0.3) is 0 Å². The van der Waals surface area contributed by atoms with Gasteiger partial charge in [0, 0.05) is 6.54 Å². The summed E-state index contributed by atoms with van der Waals surface area (Å²) in [6, 6.07) is 3.55. The summed E-state index contributed by atoms with van der Waals surface area (Å²) in [6.07, 6.45) is 1.58. The fraction of sp³-hybridized carbons (Fsp3) is 0.400. The molecule has 1 aromatic heterocycles. The van der Waals surface area contributed by atoms with E-state index < -0.39 is 0 Å². The van der Waals surface area contributed by atoms with Crippen molar-refractivity contribution in [2.24, 2.45) is 17.4 Å². The summed E-state index contributed by atoms with van der Waals surface area (Å²) in [5.41, 5.74) is 11.3. The maximum Gasteiger partial charge on any atom is 0.223 e. The van der Waals surface area contributed by atoms with Crippen LogP contribution in [-0.2, 0) is 11.3 Å². The van der Waals surface area contributed by atoms with Crippen molar-refractivity contribution in [3.8, 4) is 5.75 Å². The van der Waals surface area contributed by atoms with E-state index in [0.29, 0.717) is 12.3 Å². The Morgan fingerprint density at radius 2 is 2.33 bits per heavy atom. The molecule has 0 aromatic carbocycles. The standard InChI is InChI=1S/C10H15N3O2/c1-7(10(12)14)6-15-9-3-2-8(4-11)13-5-9/h2-3,5,7H,4,6,11H2,1H3,(H2,12,14). The van der Waals surface area contributed by atoms with Crippen LogP contribution < -0.4 is 16.2 Å². The summed E-state index contributed by atoms with van der Waals surface area (Å²) in [7, 11) is 0. The quantitative estimate of drug-likeness (QED) is 0.716. The number of nitrogens with zero attached hydrogens (tertiary/aromatic N) is 1. The van der Waals surface area contributed by atoms with Crippen molar-refractivity contribution in [1.29, 1.82) is 0 Å². The zero-order chi connectivity index (χ0) is 11.3. The molecule has 5 nitrogen and oxygen atoms in total. The molecule has 0 spiro atoms. The third-order valence-electron chi connectivity index (χ3n) is 1.99. The van der Waals surface area contributed by atoms with Crippen LogP contribution in [0.5, 0.6) is 5.75 Å². The third-order valence-corrected chi connectivity index (χ3v) is 1.99. The summed E-state index contributed by atoms with van der Waals surface area (Å²) in [6.45, 7) is 2.38. The zero-order valence-corrected chi connectivity index (χ0v) is 8.64. The summed E-state index contributed by atoms with van der Waals surface area (Å²) >= 11 is 0. The zero-order valence-electron chi connectivity index (χ0n) is 8.64. The first kappa shape index (κ1) is 11.5. The minimum absolute atomic E-state index is 0.263. The van der Waals surface area contributed by atoms with E-state index in [1.165, 1.54) is 0 Å². The number of primary amides is 1. The largest absolute Gasteiger partial charge is 0.491 e. The molecule has 0 aliphatic carbocycles. The highest BCUT2D eigenvalue weighted by atomic mass is 16.5. The molecule has 0 radical (unpaired) electrons. The van der Waals surface area contributed by atoms with Crippen molar-refractivity contribution in [3.63, 3.8) is 0 Å². The van der Waals surface area contributed by atoms with Crippen molar-refractivity contribution in [2.45, 2.75) is 13.5 Å². The Labute approximate surface area is 88.4 Å². The molecule has 0 fully saturated rings. The summed E-state index contributed by atoms with van der Waals surface area (Å²) in [5, 5.41) is 0. The van der Waals surface area contributed by atoms with Crippen LogP contribution in [0.2, 0.25) is 0 Å². The second-order valence-corrected chi connectivity index (χ2v) is 3.30. The molecule has 0 saturated heterocycles. The molecule has 1 unspecified atom stereocenters. The SMILES string of the molecule is CC(COc1ccc(CN)nc1)C(N)=O. The number of aromatic nitrogens is 1. The van der Waals surface area contributed by atoms with Crippen LogP contribution >= 0.6 is 0 Å². The lowest BCUT2D eigenvalue weighted by atomic mass is 10.2. The van der Waals surface area contributed by atoms with Gasteiger partial charge in [0.2, 0.25) is 5.91 Å². The summed E-state index contributed by atoms with van der Waals surface area (Å²) in [5.74, 6) is -0.0685. The lowest BCUT2D eigenvalue weighted by Gasteiger charge is -2.09. The molecule has 5 heteroatoms. The van der Waals surface area contributed by atoms with Crippen LogP contribution in [0.25, 0.3) is 0 Å². The van der Waals surface area contributed by atoms with Crippen LogP contribution in [0.1, 0.15) is 12.6 Å². The first-order valence-corrected chi connectivity index (χ1v) is 4.70. The van der Waals surface area contributed by atoms with E-state index in [9.17, 15) is 4.79 Å². The topological polar surface area (TPSA) is 91.2 Å². The molecule has 0 saturated carbocycles. The van der Waals surface area contributed by atoms with E-state index in [0.717, 1.165) is 5.69 Å². The van der Waals surface area contributed by atoms with Crippen molar-refractivity contribution in [2.75, 3.05) is 6.61 Å². The molecule has 82 valence electrons. The van der Waals surface area contributed by atoms with Crippen molar-refractivity contribution in [1.82, 2.24) is 4.98 Å². The minimum atomic E-state index is -0.374. The van der Waals surface area contributed by atoms with E-state index in [1.54, 1.807) is 25.3 Å². The molecule has 1 atom stereocenters. The monoisotopic (exact) mass is 209 g/mol. The number of pyridine rings is 1. The number of carbonyl (C=O) groups is 1. The van der Waals surface area contributed by atoms with Gasteiger partial charge in [-0.2, -0.15) is 0 Å². The van der Waals surface area contributed by atoms with Gasteiger partial charge in [0.05, 0.1) is 24.4 Å². The fourth-order valence-electron chi connectivity index (χ4n) is 0.920. The van der Waals surface area contributed by atoms with Gasteiger partial charge in [-0.15, -0.1) is 0 Å². The number of ether oxygens (including phenoxy) is 1. The van der Waals surface area contributed by atoms with Gasteiger partial charge >= 0.3 is 0 Å². The van der Waals surface area contributed by atoms with Crippen LogP contribution in [0, 0.1) is 5.92 Å². The Morgan fingerprint density at radius 3 is 2.80 bits per heavy atom. The summed E-state index contributed by atoms with van der Waals surface area (Å²) < 4.78 is 5.32. The van der Waals surface area contributed by atoms with Crippen LogP contribution in [0.15, 0.2) is 18.3 Å². The number of nitrogens with two attached hydrogens (primary N) is 2. The molecule has 1 rings (SSSR count). The Balaban J connectivity index is 2.47. The fourth-order valence-corrected chi connectivity index (χ4v) is 0.920. The molecule has 1 aromatic rings. The maximum absolute atomic E-state index is 10.7. The molecule has 15 heavy (non-hydrogen) atoms. The molecular weight excluding hydrogens is 194 g/mol. The molecule has 4 N–H and O–H groups in total. The molecule has 1 amide bonds. The first-order valence-electron chi connectivity index (χ1n) is 4.70. The second-order valence-electron chi connectivity index (χ2n) is 3.30. The van der Waals surface area contributed by atoms with Gasteiger partial charge in [-0.05, 0) is 12.1 Å². The predicted octanol–water partition coefficient (Wildman–Crippen LogP) is 0.0405. The van der Waals surface area contributed by atoms with Gasteiger partial charge in [-0.1, -0.05) is 6.92 Å². The Morgan fingerprint density at radius 1 is 1.60 bits per heavy atom. The van der Waals surface area contributed by atoms with Crippen LogP contribution in [0.4, 0.5) is 0 Å². The molecule has 0 aliphatic rings. The van der Waals surface area contributed by atoms with E-state index >= 15 is 0 Å². The third kappa shape index (κ3) is 3.55. The van der Waals surface area contributed by atoms with Crippen LogP contribution in [0.3, 0.4) is 0 Å². The van der Waals surface area contributed by atoms with Crippen molar-refractivity contribution >= 4 is 5.91 Å². The normalized spacial score (nSPS) is 12.1. The maximum atomic E-state index is 10.7. The average molecular weight is 209 g/mol. The Hall–Kier alpha value is -1.62. The Kier molecular flexibility index (Phi) is 4.05. The van der Waals surface area contributed by atoms with E-state index in [-0.39, 0.29) is 18.4 Å². The highest BCUT2D eigenvalue weighted by Crippen LogP contribution is 2.10. The molecule has 0 aliphatic heterocycles. The average Bonchev–Trinajstić information content (AvgIpc) is 2.26. The highest BCUT2D eigenvalue weighted by Gasteiger charge is 2.09. The van der Waals surface area contributed by atoms with Crippen molar-refractivity contribution in [3.05, 3.63) is 24.0 Å². The highest BCUT2D eigenvalue weighted by molar-refractivity contribution is 5.76. The molecule has 0 bridgehead atoms. The predicted molar refractivity (Wildman–Crippen MR) is 56.0 cm³/mol. The first-order chi connectivity index (χ1) is 7.13. The van der Waals surface area contributed by atoms with Gasteiger partial charge in [0.15, 0.2) is 0 Å². The van der Waals surface area contributed by atoms with Gasteiger partial charge in [-0.3, -0.25) is 9.78 Å². The van der Waals surface area contributed by atoms with Crippen LogP contribution in [-0.4, -0.2) is 17.5 Å². The Bertz CT molecular complexity index is 324. The smallest absolute Gasteiger partial charge is 0.223 e. The molecular formula is C10H15N3O2. The lowest BCUT2D eigenvalue weighted by Crippen LogP contribution is -2.25. The number of hydrogen-bond donors (Lipinski definition) is 2. The van der Waals surface area contributed by atoms with Gasteiger partial charge in [0.1, 0.15) is 5.75 Å². The van der Waals surface area contributed by atoms with E-state index in [1.807, 2.05) is 0 Å². The minimum Gasteiger partial charge on any atom is -0.491 e. The lowest BCUT2D eigenvalue weighted by molar-refractivity contribution is -0.122. The summed E-state index contributed by atoms with van der Waals surface area (Å²) in [4.78, 5) is 14.8. The number of hydrogen-bond acceptors (Lipinski definition) is 4. The van der Waals surface area contributed by atoms with Gasteiger partial charge in [-0.25, -0.2) is 0 Å². The van der Waals surface area contributed by atoms with Crippen molar-refractivity contribution < 1.29 is 9.53 Å². The van der Waals surface area contributed by atoms with Gasteiger partial charge < -0.3 is 16.2 Å². The second kappa shape index (κ2) is 5.31. The number of amides is 1. The van der Waals surface area contributed by atoms with E-state index in [4.69, 9.17) is 16.2 Å². The molecule has 1 heterocycles. The number of rotatable bonds is 5. The number of carbonyl (C=O) groups excluding carboxylic acids is 1.